The van der Waals surface area contributed by atoms with E-state index in [1.54, 1.807) is 12.4 Å². The zero-order valence-electron chi connectivity index (χ0n) is 14.3. The first-order valence-electron chi connectivity index (χ1n) is 8.23. The number of rotatable bonds is 6. The quantitative estimate of drug-likeness (QED) is 0.713. The molecular weight excluding hydrogens is 332 g/mol. The fourth-order valence-electron chi connectivity index (χ4n) is 2.49. The topological polar surface area (TPSA) is 58.1 Å². The first kappa shape index (κ1) is 17.1. The van der Waals surface area contributed by atoms with Gasteiger partial charge in [0.2, 0.25) is 0 Å². The Balaban J connectivity index is 1.70. The van der Waals surface area contributed by atoms with Crippen molar-refractivity contribution in [1.29, 1.82) is 0 Å². The van der Waals surface area contributed by atoms with Crippen LogP contribution in [0.4, 0.5) is 10.8 Å². The second kappa shape index (κ2) is 7.90. The Morgan fingerprint density at radius 2 is 1.92 bits per heavy atom. The van der Waals surface area contributed by atoms with Crippen molar-refractivity contribution in [3.63, 3.8) is 0 Å². The predicted octanol–water partition coefficient (Wildman–Crippen LogP) is 4.43. The van der Waals surface area contributed by atoms with Crippen molar-refractivity contribution in [2.75, 3.05) is 18.4 Å². The lowest BCUT2D eigenvalue weighted by Gasteiger charge is -2.18. The molecule has 0 saturated heterocycles. The minimum Gasteiger partial charge on any atom is -0.339 e. The summed E-state index contributed by atoms with van der Waals surface area (Å²) < 4.78 is 0. The van der Waals surface area contributed by atoms with E-state index < -0.39 is 0 Å². The predicted molar refractivity (Wildman–Crippen MR) is 102 cm³/mol. The molecule has 0 atom stereocenters. The van der Waals surface area contributed by atoms with Gasteiger partial charge < -0.3 is 10.2 Å². The van der Waals surface area contributed by atoms with Crippen LogP contribution in [0.3, 0.4) is 0 Å². The van der Waals surface area contributed by atoms with E-state index >= 15 is 0 Å². The van der Waals surface area contributed by atoms with Gasteiger partial charge >= 0.3 is 0 Å². The molecule has 5 nitrogen and oxygen atoms in total. The van der Waals surface area contributed by atoms with Gasteiger partial charge in [0.15, 0.2) is 5.13 Å². The Morgan fingerprint density at radius 1 is 1.16 bits per heavy atom. The summed E-state index contributed by atoms with van der Waals surface area (Å²) in [5.74, 6) is 0.0599. The van der Waals surface area contributed by atoms with Crippen LogP contribution in [0, 0.1) is 0 Å². The third-order valence-electron chi connectivity index (χ3n) is 3.90. The third-order valence-corrected chi connectivity index (χ3v) is 4.65. The van der Waals surface area contributed by atoms with E-state index in [-0.39, 0.29) is 5.91 Å². The van der Waals surface area contributed by atoms with Crippen LogP contribution in [-0.2, 0) is 0 Å². The Labute approximate surface area is 151 Å². The van der Waals surface area contributed by atoms with Crippen molar-refractivity contribution in [1.82, 2.24) is 14.9 Å². The molecule has 2 aromatic heterocycles. The molecule has 0 spiro atoms. The highest BCUT2D eigenvalue weighted by molar-refractivity contribution is 7.14. The van der Waals surface area contributed by atoms with Gasteiger partial charge in [-0.1, -0.05) is 0 Å². The van der Waals surface area contributed by atoms with Crippen LogP contribution in [0.1, 0.15) is 24.2 Å². The van der Waals surface area contributed by atoms with Crippen LogP contribution in [-0.4, -0.2) is 33.9 Å². The molecule has 0 radical (unpaired) electrons. The number of anilines is 2. The maximum absolute atomic E-state index is 12.3. The van der Waals surface area contributed by atoms with E-state index in [0.717, 1.165) is 22.1 Å². The van der Waals surface area contributed by atoms with Crippen LogP contribution in [0.15, 0.2) is 54.2 Å². The van der Waals surface area contributed by atoms with E-state index in [0.29, 0.717) is 18.7 Å². The summed E-state index contributed by atoms with van der Waals surface area (Å²) in [4.78, 5) is 22.8. The van der Waals surface area contributed by atoms with Crippen LogP contribution >= 0.6 is 11.3 Å². The molecule has 128 valence electrons. The Morgan fingerprint density at radius 3 is 2.56 bits per heavy atom. The molecule has 0 saturated carbocycles. The zero-order valence-corrected chi connectivity index (χ0v) is 15.1. The second-order valence-corrected chi connectivity index (χ2v) is 6.32. The molecule has 0 aliphatic heterocycles. The lowest BCUT2D eigenvalue weighted by Crippen LogP contribution is -2.30. The smallest absolute Gasteiger partial charge is 0.253 e. The molecule has 1 N–H and O–H groups in total. The van der Waals surface area contributed by atoms with Crippen LogP contribution < -0.4 is 5.32 Å². The van der Waals surface area contributed by atoms with Gasteiger partial charge in [-0.2, -0.15) is 0 Å². The maximum Gasteiger partial charge on any atom is 0.253 e. The van der Waals surface area contributed by atoms with Gasteiger partial charge in [-0.3, -0.25) is 9.78 Å². The summed E-state index contributed by atoms with van der Waals surface area (Å²) in [6, 6.07) is 11.4. The number of thiazole rings is 1. The highest BCUT2D eigenvalue weighted by Gasteiger charge is 2.12. The molecule has 0 aliphatic carbocycles. The molecule has 3 aromatic rings. The van der Waals surface area contributed by atoms with E-state index in [4.69, 9.17) is 0 Å². The van der Waals surface area contributed by atoms with E-state index in [1.165, 1.54) is 11.3 Å². The van der Waals surface area contributed by atoms with Gasteiger partial charge in [-0.25, -0.2) is 4.98 Å². The third kappa shape index (κ3) is 4.03. The number of nitrogens with zero attached hydrogens (tertiary/aromatic N) is 3. The largest absolute Gasteiger partial charge is 0.339 e. The number of carbonyl (C=O) groups excluding carboxylic acids is 1. The van der Waals surface area contributed by atoms with Gasteiger partial charge in [-0.15, -0.1) is 11.3 Å². The minimum absolute atomic E-state index is 0.0599. The first-order chi connectivity index (χ1) is 12.2. The van der Waals surface area contributed by atoms with Crippen LogP contribution in [0.25, 0.3) is 11.3 Å². The average Bonchev–Trinajstić information content (AvgIpc) is 3.12. The number of hydrogen-bond acceptors (Lipinski definition) is 5. The molecule has 2 heterocycles. The average molecular weight is 352 g/mol. The monoisotopic (exact) mass is 352 g/mol. The number of amides is 1. The van der Waals surface area contributed by atoms with Crippen molar-refractivity contribution >= 4 is 28.1 Å². The van der Waals surface area contributed by atoms with Crippen molar-refractivity contribution < 1.29 is 4.79 Å². The molecule has 1 amide bonds. The molecule has 3 rings (SSSR count). The van der Waals surface area contributed by atoms with Gasteiger partial charge in [0, 0.05) is 47.7 Å². The Bertz CT molecular complexity index is 826. The highest BCUT2D eigenvalue weighted by atomic mass is 32.1. The van der Waals surface area contributed by atoms with Crippen molar-refractivity contribution in [2.45, 2.75) is 13.8 Å². The summed E-state index contributed by atoms with van der Waals surface area (Å²) in [5.41, 5.74) is 3.49. The number of pyridine rings is 1. The number of carbonyl (C=O) groups is 1. The summed E-state index contributed by atoms with van der Waals surface area (Å²) >= 11 is 1.54. The minimum atomic E-state index is 0.0599. The highest BCUT2D eigenvalue weighted by Crippen LogP contribution is 2.26. The molecular formula is C19H20N4OS. The number of hydrogen-bond donors (Lipinski definition) is 1. The van der Waals surface area contributed by atoms with Gasteiger partial charge in [0.05, 0.1) is 5.69 Å². The van der Waals surface area contributed by atoms with Gasteiger partial charge in [-0.05, 0) is 50.2 Å². The summed E-state index contributed by atoms with van der Waals surface area (Å²) in [5, 5.41) is 6.08. The summed E-state index contributed by atoms with van der Waals surface area (Å²) in [6.07, 6.45) is 3.54. The van der Waals surface area contributed by atoms with Gasteiger partial charge in [0.1, 0.15) is 0 Å². The van der Waals surface area contributed by atoms with Crippen LogP contribution in [0.2, 0.25) is 0 Å². The lowest BCUT2D eigenvalue weighted by atomic mass is 10.2. The number of benzene rings is 1. The lowest BCUT2D eigenvalue weighted by molar-refractivity contribution is 0.0773. The van der Waals surface area contributed by atoms with E-state index in [2.05, 4.69) is 15.3 Å². The molecule has 0 bridgehead atoms. The number of nitrogens with one attached hydrogen (secondary N) is 1. The second-order valence-electron chi connectivity index (χ2n) is 5.46. The Hall–Kier alpha value is -2.73. The van der Waals surface area contributed by atoms with Gasteiger partial charge in [0.25, 0.3) is 5.91 Å². The van der Waals surface area contributed by atoms with E-state index in [9.17, 15) is 4.79 Å². The van der Waals surface area contributed by atoms with Crippen molar-refractivity contribution in [3.8, 4) is 11.3 Å². The van der Waals surface area contributed by atoms with Crippen molar-refractivity contribution in [3.05, 3.63) is 59.7 Å². The summed E-state index contributed by atoms with van der Waals surface area (Å²) in [6.45, 7) is 5.40. The summed E-state index contributed by atoms with van der Waals surface area (Å²) in [7, 11) is 0. The standard InChI is InChI=1S/C19H20N4OS/c1-3-23(4-2)18(24)14-7-9-16(10-8-14)21-19-22-17(13-25-19)15-6-5-11-20-12-15/h5-13H,3-4H2,1-2H3,(H,21,22). The molecule has 6 heteroatoms. The Kier molecular flexibility index (Phi) is 5.40. The zero-order chi connectivity index (χ0) is 17.6. The molecule has 1 aromatic carbocycles. The normalized spacial score (nSPS) is 10.5. The fraction of sp³-hybridized carbons (Fsp3) is 0.211. The molecule has 25 heavy (non-hydrogen) atoms. The molecule has 0 fully saturated rings. The molecule has 0 unspecified atom stereocenters. The SMILES string of the molecule is CCN(CC)C(=O)c1ccc(Nc2nc(-c3cccnc3)cs2)cc1. The first-order valence-corrected chi connectivity index (χ1v) is 9.11. The van der Waals surface area contributed by atoms with Crippen LogP contribution in [0.5, 0.6) is 0 Å². The maximum atomic E-state index is 12.3. The fourth-order valence-corrected chi connectivity index (χ4v) is 3.23. The molecule has 0 aliphatic rings. The number of aromatic nitrogens is 2. The van der Waals surface area contributed by atoms with E-state index in [1.807, 2.05) is 60.5 Å². The van der Waals surface area contributed by atoms with Crippen molar-refractivity contribution in [2.24, 2.45) is 0 Å².